The maximum Gasteiger partial charge on any atom is 0.120 e. The topological polar surface area (TPSA) is 25.2 Å². The molecule has 2 heterocycles. The summed E-state index contributed by atoms with van der Waals surface area (Å²) < 4.78 is 5.37. The molecule has 2 aromatic rings. The Morgan fingerprint density at radius 3 is 2.88 bits per heavy atom. The van der Waals surface area contributed by atoms with E-state index in [4.69, 9.17) is 4.42 Å². The van der Waals surface area contributed by atoms with Crippen LogP contribution in [0.15, 0.2) is 39.6 Å². The Hall–Kier alpha value is -1.06. The van der Waals surface area contributed by atoms with Gasteiger partial charge in [0.1, 0.15) is 5.76 Å². The Morgan fingerprint density at radius 1 is 1.38 bits per heavy atom. The normalized spacial score (nSPS) is 14.9. The van der Waals surface area contributed by atoms with Crippen LogP contribution >= 0.6 is 11.3 Å². The average molecular weight is 235 g/mol. The number of hydrogen-bond donors (Lipinski definition) is 1. The van der Waals surface area contributed by atoms with Crippen LogP contribution in [0.2, 0.25) is 0 Å². The molecular weight excluding hydrogens is 218 g/mol. The molecule has 0 saturated heterocycles. The highest BCUT2D eigenvalue weighted by Crippen LogP contribution is 2.15. The summed E-state index contributed by atoms with van der Waals surface area (Å²) in [5.41, 5.74) is 1.40. The fraction of sp³-hybridized carbons (Fsp3) is 0.385. The molecule has 2 unspecified atom stereocenters. The van der Waals surface area contributed by atoms with Crippen LogP contribution in [0.3, 0.4) is 0 Å². The van der Waals surface area contributed by atoms with Crippen LogP contribution in [-0.4, -0.2) is 6.04 Å². The predicted octanol–water partition coefficient (Wildman–Crippen LogP) is 3.62. The lowest BCUT2D eigenvalue weighted by Crippen LogP contribution is -2.30. The van der Waals surface area contributed by atoms with Crippen LogP contribution in [0, 0.1) is 0 Å². The molecule has 0 spiro atoms. The summed E-state index contributed by atoms with van der Waals surface area (Å²) in [7, 11) is 0. The number of rotatable bonds is 5. The molecule has 0 saturated carbocycles. The minimum absolute atomic E-state index is 0.267. The zero-order chi connectivity index (χ0) is 11.4. The van der Waals surface area contributed by atoms with Gasteiger partial charge in [-0.25, -0.2) is 0 Å². The van der Waals surface area contributed by atoms with E-state index in [1.165, 1.54) is 5.56 Å². The van der Waals surface area contributed by atoms with Crippen molar-refractivity contribution in [3.05, 3.63) is 46.5 Å². The van der Waals surface area contributed by atoms with Crippen molar-refractivity contribution in [1.29, 1.82) is 0 Å². The second kappa shape index (κ2) is 5.32. The predicted molar refractivity (Wildman–Crippen MR) is 67.7 cm³/mol. The second-order valence-electron chi connectivity index (χ2n) is 4.14. The van der Waals surface area contributed by atoms with E-state index in [1.807, 2.05) is 12.1 Å². The smallest absolute Gasteiger partial charge is 0.120 e. The molecule has 0 aliphatic heterocycles. The lowest BCUT2D eigenvalue weighted by Gasteiger charge is -2.17. The standard InChI is InChI=1S/C13H17NOS/c1-10(8-12-5-7-16-9-12)14-11(2)13-4-3-6-15-13/h3-7,9-11,14H,8H2,1-2H3. The summed E-state index contributed by atoms with van der Waals surface area (Å²) in [5, 5.41) is 7.86. The minimum Gasteiger partial charge on any atom is -0.468 e. The summed E-state index contributed by atoms with van der Waals surface area (Å²) in [6, 6.07) is 6.84. The van der Waals surface area contributed by atoms with E-state index in [9.17, 15) is 0 Å². The van der Waals surface area contributed by atoms with Gasteiger partial charge in [-0.1, -0.05) is 0 Å². The van der Waals surface area contributed by atoms with Gasteiger partial charge >= 0.3 is 0 Å². The van der Waals surface area contributed by atoms with Gasteiger partial charge in [-0.15, -0.1) is 0 Å². The first-order chi connectivity index (χ1) is 7.75. The molecule has 2 nitrogen and oxygen atoms in total. The molecule has 0 aliphatic rings. The van der Waals surface area contributed by atoms with Crippen molar-refractivity contribution in [1.82, 2.24) is 5.32 Å². The van der Waals surface area contributed by atoms with E-state index < -0.39 is 0 Å². The molecule has 86 valence electrons. The second-order valence-corrected chi connectivity index (χ2v) is 4.92. The first kappa shape index (κ1) is 11.4. The molecular formula is C13H17NOS. The van der Waals surface area contributed by atoms with Crippen LogP contribution in [-0.2, 0) is 6.42 Å². The molecule has 0 amide bonds. The van der Waals surface area contributed by atoms with Gasteiger partial charge in [0, 0.05) is 6.04 Å². The number of hydrogen-bond acceptors (Lipinski definition) is 3. The molecule has 1 N–H and O–H groups in total. The Bertz CT molecular complexity index is 394. The summed E-state index contributed by atoms with van der Waals surface area (Å²) >= 11 is 1.75. The van der Waals surface area contributed by atoms with Crippen LogP contribution in [0.4, 0.5) is 0 Å². The van der Waals surface area contributed by atoms with E-state index >= 15 is 0 Å². The average Bonchev–Trinajstić information content (AvgIpc) is 2.88. The van der Waals surface area contributed by atoms with Crippen molar-refractivity contribution in [2.45, 2.75) is 32.4 Å². The van der Waals surface area contributed by atoms with Crippen molar-refractivity contribution < 1.29 is 4.42 Å². The highest BCUT2D eigenvalue weighted by atomic mass is 32.1. The quantitative estimate of drug-likeness (QED) is 0.856. The van der Waals surface area contributed by atoms with Crippen molar-refractivity contribution in [3.8, 4) is 0 Å². The largest absolute Gasteiger partial charge is 0.468 e. The van der Waals surface area contributed by atoms with Crippen molar-refractivity contribution in [2.24, 2.45) is 0 Å². The summed E-state index contributed by atoms with van der Waals surface area (Å²) in [5.74, 6) is 0.997. The van der Waals surface area contributed by atoms with E-state index in [1.54, 1.807) is 17.6 Å². The minimum atomic E-state index is 0.267. The highest BCUT2D eigenvalue weighted by molar-refractivity contribution is 7.07. The Balaban J connectivity index is 1.85. The third kappa shape index (κ3) is 2.97. The molecule has 2 atom stereocenters. The lowest BCUT2D eigenvalue weighted by atomic mass is 10.1. The maximum absolute atomic E-state index is 5.37. The summed E-state index contributed by atoms with van der Waals surface area (Å²) in [4.78, 5) is 0. The lowest BCUT2D eigenvalue weighted by molar-refractivity contribution is 0.397. The van der Waals surface area contributed by atoms with Gasteiger partial charge in [-0.3, -0.25) is 0 Å². The first-order valence-corrected chi connectivity index (χ1v) is 6.50. The molecule has 0 aliphatic carbocycles. The molecule has 2 aromatic heterocycles. The van der Waals surface area contributed by atoms with Crippen LogP contribution in [0.25, 0.3) is 0 Å². The molecule has 3 heteroatoms. The molecule has 2 rings (SSSR count). The van der Waals surface area contributed by atoms with Crippen molar-refractivity contribution in [3.63, 3.8) is 0 Å². The molecule has 0 fully saturated rings. The van der Waals surface area contributed by atoms with Gasteiger partial charge in [0.2, 0.25) is 0 Å². The Morgan fingerprint density at radius 2 is 2.25 bits per heavy atom. The molecule has 16 heavy (non-hydrogen) atoms. The molecule has 0 aromatic carbocycles. The zero-order valence-corrected chi connectivity index (χ0v) is 10.5. The van der Waals surface area contributed by atoms with E-state index in [2.05, 4.69) is 36.0 Å². The van der Waals surface area contributed by atoms with Crippen LogP contribution in [0.1, 0.15) is 31.2 Å². The fourth-order valence-corrected chi connectivity index (χ4v) is 2.55. The third-order valence-electron chi connectivity index (χ3n) is 2.63. The molecule has 0 bridgehead atoms. The third-order valence-corrected chi connectivity index (χ3v) is 3.36. The Kier molecular flexibility index (Phi) is 3.80. The maximum atomic E-state index is 5.37. The summed E-state index contributed by atoms with van der Waals surface area (Å²) in [6.45, 7) is 4.33. The number of furan rings is 1. The van der Waals surface area contributed by atoms with Crippen molar-refractivity contribution in [2.75, 3.05) is 0 Å². The van der Waals surface area contributed by atoms with Gasteiger partial charge in [-0.2, -0.15) is 11.3 Å². The van der Waals surface area contributed by atoms with E-state index in [0.717, 1.165) is 12.2 Å². The number of thiophene rings is 1. The van der Waals surface area contributed by atoms with Crippen LogP contribution in [0.5, 0.6) is 0 Å². The SMILES string of the molecule is CC(Cc1ccsc1)NC(C)c1ccco1. The van der Waals surface area contributed by atoms with Crippen molar-refractivity contribution >= 4 is 11.3 Å². The Labute approximate surface area is 100 Å². The first-order valence-electron chi connectivity index (χ1n) is 5.56. The van der Waals surface area contributed by atoms with Gasteiger partial charge in [0.25, 0.3) is 0 Å². The zero-order valence-electron chi connectivity index (χ0n) is 9.64. The summed E-state index contributed by atoms with van der Waals surface area (Å²) in [6.07, 6.45) is 2.78. The highest BCUT2D eigenvalue weighted by Gasteiger charge is 2.11. The van der Waals surface area contributed by atoms with Gasteiger partial charge < -0.3 is 9.73 Å². The van der Waals surface area contributed by atoms with E-state index in [0.29, 0.717) is 6.04 Å². The molecule has 0 radical (unpaired) electrons. The number of nitrogens with one attached hydrogen (secondary N) is 1. The van der Waals surface area contributed by atoms with Gasteiger partial charge in [0.05, 0.1) is 12.3 Å². The van der Waals surface area contributed by atoms with Crippen LogP contribution < -0.4 is 5.32 Å². The monoisotopic (exact) mass is 235 g/mol. The van der Waals surface area contributed by atoms with Gasteiger partial charge in [-0.05, 0) is 54.8 Å². The fourth-order valence-electron chi connectivity index (χ4n) is 1.87. The van der Waals surface area contributed by atoms with Gasteiger partial charge in [0.15, 0.2) is 0 Å². The van der Waals surface area contributed by atoms with E-state index in [-0.39, 0.29) is 6.04 Å².